The standard InChI is InChI=1S/C14H11F4NS/c15-12-3-1-2-4-13(12)20-8-9-5-6-10(19)7-11(9)14(16,17)18/h1-7H,8,19H2. The van der Waals surface area contributed by atoms with Crippen molar-refractivity contribution in [3.63, 3.8) is 0 Å². The highest BCUT2D eigenvalue weighted by Gasteiger charge is 2.33. The Labute approximate surface area is 117 Å². The summed E-state index contributed by atoms with van der Waals surface area (Å²) in [6, 6.07) is 9.61. The maximum Gasteiger partial charge on any atom is 0.416 e. The Morgan fingerprint density at radius 2 is 1.75 bits per heavy atom. The van der Waals surface area contributed by atoms with E-state index in [2.05, 4.69) is 0 Å². The summed E-state index contributed by atoms with van der Waals surface area (Å²) in [4.78, 5) is 0.317. The van der Waals surface area contributed by atoms with Gasteiger partial charge in [0.2, 0.25) is 0 Å². The Kier molecular flexibility index (Phi) is 4.23. The SMILES string of the molecule is Nc1ccc(CSc2ccccc2F)c(C(F)(F)F)c1. The number of nitrogens with two attached hydrogens (primary N) is 1. The quantitative estimate of drug-likeness (QED) is 0.504. The third kappa shape index (κ3) is 3.45. The molecule has 2 N–H and O–H groups in total. The minimum absolute atomic E-state index is 0.0239. The van der Waals surface area contributed by atoms with Gasteiger partial charge in [-0.05, 0) is 29.8 Å². The molecule has 0 aromatic heterocycles. The maximum atomic E-state index is 13.4. The second-order valence-corrected chi connectivity index (χ2v) is 5.15. The number of alkyl halides is 3. The van der Waals surface area contributed by atoms with E-state index in [9.17, 15) is 17.6 Å². The molecule has 0 bridgehead atoms. The third-order valence-electron chi connectivity index (χ3n) is 2.66. The van der Waals surface area contributed by atoms with Crippen molar-refractivity contribution in [3.8, 4) is 0 Å². The fourth-order valence-corrected chi connectivity index (χ4v) is 2.64. The molecule has 0 amide bonds. The summed E-state index contributed by atoms with van der Waals surface area (Å²) in [7, 11) is 0. The van der Waals surface area contributed by atoms with Gasteiger partial charge in [0.25, 0.3) is 0 Å². The summed E-state index contributed by atoms with van der Waals surface area (Å²) >= 11 is 1.02. The molecule has 0 atom stereocenters. The minimum atomic E-state index is -4.47. The normalized spacial score (nSPS) is 11.6. The highest BCUT2D eigenvalue weighted by Crippen LogP contribution is 2.36. The van der Waals surface area contributed by atoms with Gasteiger partial charge in [-0.15, -0.1) is 11.8 Å². The predicted octanol–water partition coefficient (Wildman–Crippen LogP) is 4.72. The number of thioether (sulfide) groups is 1. The molecule has 0 unspecified atom stereocenters. The molecule has 20 heavy (non-hydrogen) atoms. The summed E-state index contributed by atoms with van der Waals surface area (Å²) in [5.41, 5.74) is 4.75. The van der Waals surface area contributed by atoms with Gasteiger partial charge in [0.1, 0.15) is 5.82 Å². The largest absolute Gasteiger partial charge is 0.416 e. The Balaban J connectivity index is 2.24. The zero-order valence-corrected chi connectivity index (χ0v) is 11.1. The second-order valence-electron chi connectivity index (χ2n) is 4.13. The first kappa shape index (κ1) is 14.7. The number of benzene rings is 2. The molecule has 0 aliphatic heterocycles. The number of rotatable bonds is 3. The summed E-state index contributed by atoms with van der Waals surface area (Å²) < 4.78 is 52.1. The molecule has 2 aromatic rings. The molecular formula is C14H11F4NS. The average molecular weight is 301 g/mol. The van der Waals surface area contributed by atoms with Gasteiger partial charge >= 0.3 is 6.18 Å². The Morgan fingerprint density at radius 1 is 1.05 bits per heavy atom. The van der Waals surface area contributed by atoms with Crippen molar-refractivity contribution in [1.82, 2.24) is 0 Å². The van der Waals surface area contributed by atoms with Crippen molar-refractivity contribution in [2.24, 2.45) is 0 Å². The molecular weight excluding hydrogens is 290 g/mol. The van der Waals surface area contributed by atoms with Crippen LogP contribution in [0.4, 0.5) is 23.2 Å². The van der Waals surface area contributed by atoms with Crippen LogP contribution in [0.2, 0.25) is 0 Å². The van der Waals surface area contributed by atoms with E-state index in [1.165, 1.54) is 30.3 Å². The molecule has 0 saturated carbocycles. The van der Waals surface area contributed by atoms with E-state index < -0.39 is 17.6 Å². The molecule has 0 saturated heterocycles. The van der Waals surface area contributed by atoms with E-state index in [1.807, 2.05) is 0 Å². The lowest BCUT2D eigenvalue weighted by atomic mass is 10.1. The first-order chi connectivity index (χ1) is 9.38. The number of anilines is 1. The zero-order chi connectivity index (χ0) is 14.8. The second kappa shape index (κ2) is 5.75. The fraction of sp³-hybridized carbons (Fsp3) is 0.143. The first-order valence-electron chi connectivity index (χ1n) is 5.71. The van der Waals surface area contributed by atoms with E-state index in [0.29, 0.717) is 4.90 Å². The lowest BCUT2D eigenvalue weighted by Gasteiger charge is -2.13. The highest BCUT2D eigenvalue weighted by molar-refractivity contribution is 7.98. The topological polar surface area (TPSA) is 26.0 Å². The number of hydrogen-bond donors (Lipinski definition) is 1. The summed E-state index contributed by atoms with van der Waals surface area (Å²) in [6.45, 7) is 0. The molecule has 0 heterocycles. The van der Waals surface area contributed by atoms with E-state index in [4.69, 9.17) is 5.73 Å². The summed E-state index contributed by atoms with van der Waals surface area (Å²) in [5.74, 6) is -0.419. The van der Waals surface area contributed by atoms with Gasteiger partial charge in [-0.2, -0.15) is 13.2 Å². The van der Waals surface area contributed by atoms with E-state index >= 15 is 0 Å². The summed E-state index contributed by atoms with van der Waals surface area (Å²) in [6.07, 6.45) is -4.47. The van der Waals surface area contributed by atoms with E-state index in [0.717, 1.165) is 17.8 Å². The van der Waals surface area contributed by atoms with Crippen LogP contribution < -0.4 is 5.73 Å². The third-order valence-corrected chi connectivity index (χ3v) is 3.76. The van der Waals surface area contributed by atoms with Crippen LogP contribution in [-0.2, 0) is 11.9 Å². The number of nitrogen functional groups attached to an aromatic ring is 1. The van der Waals surface area contributed by atoms with Crippen LogP contribution >= 0.6 is 11.8 Å². The molecule has 2 aromatic carbocycles. The lowest BCUT2D eigenvalue weighted by Crippen LogP contribution is -2.09. The molecule has 0 spiro atoms. The fourth-order valence-electron chi connectivity index (χ4n) is 1.70. The van der Waals surface area contributed by atoms with Crippen molar-refractivity contribution in [1.29, 1.82) is 0 Å². The van der Waals surface area contributed by atoms with Gasteiger partial charge < -0.3 is 5.73 Å². The van der Waals surface area contributed by atoms with Crippen molar-refractivity contribution in [3.05, 3.63) is 59.4 Å². The highest BCUT2D eigenvalue weighted by atomic mass is 32.2. The van der Waals surface area contributed by atoms with Crippen molar-refractivity contribution in [2.75, 3.05) is 5.73 Å². The molecule has 0 fully saturated rings. The zero-order valence-electron chi connectivity index (χ0n) is 10.2. The first-order valence-corrected chi connectivity index (χ1v) is 6.69. The van der Waals surface area contributed by atoms with Crippen LogP contribution in [0.1, 0.15) is 11.1 Å². The summed E-state index contributed by atoms with van der Waals surface area (Å²) in [5, 5.41) is 0. The van der Waals surface area contributed by atoms with Gasteiger partial charge in [-0.3, -0.25) is 0 Å². The van der Waals surface area contributed by atoms with Crippen LogP contribution in [0.5, 0.6) is 0 Å². The molecule has 0 aliphatic rings. The number of halogens is 4. The Morgan fingerprint density at radius 3 is 2.40 bits per heavy atom. The van der Waals surface area contributed by atoms with Crippen LogP contribution in [-0.4, -0.2) is 0 Å². The van der Waals surface area contributed by atoms with Gasteiger partial charge in [0, 0.05) is 16.3 Å². The molecule has 6 heteroatoms. The van der Waals surface area contributed by atoms with Gasteiger partial charge in [0.15, 0.2) is 0 Å². The lowest BCUT2D eigenvalue weighted by molar-refractivity contribution is -0.138. The Hall–Kier alpha value is -1.69. The van der Waals surface area contributed by atoms with E-state index in [-0.39, 0.29) is 17.0 Å². The maximum absolute atomic E-state index is 13.4. The minimum Gasteiger partial charge on any atom is -0.399 e. The average Bonchev–Trinajstić information content (AvgIpc) is 2.38. The molecule has 106 valence electrons. The Bertz CT molecular complexity index is 610. The van der Waals surface area contributed by atoms with Crippen LogP contribution in [0, 0.1) is 5.82 Å². The van der Waals surface area contributed by atoms with Crippen LogP contribution in [0.3, 0.4) is 0 Å². The van der Waals surface area contributed by atoms with Gasteiger partial charge in [-0.1, -0.05) is 18.2 Å². The van der Waals surface area contributed by atoms with Gasteiger partial charge in [0.05, 0.1) is 5.56 Å². The number of hydrogen-bond acceptors (Lipinski definition) is 2. The van der Waals surface area contributed by atoms with Gasteiger partial charge in [-0.25, -0.2) is 4.39 Å². The van der Waals surface area contributed by atoms with Crippen LogP contribution in [0.25, 0.3) is 0 Å². The van der Waals surface area contributed by atoms with Crippen molar-refractivity contribution >= 4 is 17.4 Å². The molecule has 1 nitrogen and oxygen atoms in total. The molecule has 0 aliphatic carbocycles. The monoisotopic (exact) mass is 301 g/mol. The van der Waals surface area contributed by atoms with Crippen molar-refractivity contribution < 1.29 is 17.6 Å². The van der Waals surface area contributed by atoms with Crippen molar-refractivity contribution in [2.45, 2.75) is 16.8 Å². The molecule has 2 rings (SSSR count). The van der Waals surface area contributed by atoms with Crippen LogP contribution in [0.15, 0.2) is 47.4 Å². The smallest absolute Gasteiger partial charge is 0.399 e. The molecule has 0 radical (unpaired) electrons. The van der Waals surface area contributed by atoms with E-state index in [1.54, 1.807) is 6.07 Å². The predicted molar refractivity (Wildman–Crippen MR) is 71.8 cm³/mol.